The first-order chi connectivity index (χ1) is 36.2. The first-order valence-corrected chi connectivity index (χ1v) is 24.1. The monoisotopic (exact) mass is 978 g/mol. The van der Waals surface area contributed by atoms with Gasteiger partial charge >= 0.3 is 12.3 Å². The SMILES string of the molecule is CCC(NC(=O)c1ccc2c(c1)ncn2Cc1ccc(-c2ccccc2)cc1)c1ccccc1.CCC(NC(=O)c1ccc2ncn(Cc3ccc(-c4ccccc4)cc3)c2c1)c1ccccc1.O=C=O.O=C=O. The van der Waals surface area contributed by atoms with Crippen molar-refractivity contribution in [1.82, 2.24) is 29.7 Å². The summed E-state index contributed by atoms with van der Waals surface area (Å²) in [5, 5.41) is 6.33. The van der Waals surface area contributed by atoms with Crippen molar-refractivity contribution in [2.24, 2.45) is 0 Å². The molecule has 2 atom stereocenters. The molecule has 2 heterocycles. The molecule has 8 aromatic carbocycles. The smallest absolute Gasteiger partial charge is 0.345 e. The first kappa shape index (κ1) is 52.2. The van der Waals surface area contributed by atoms with Crippen LogP contribution in [0.5, 0.6) is 0 Å². The van der Waals surface area contributed by atoms with Gasteiger partial charge in [-0.05, 0) is 93.7 Å². The zero-order valence-electron chi connectivity index (χ0n) is 41.0. The number of hydrogen-bond acceptors (Lipinski definition) is 8. The van der Waals surface area contributed by atoms with Gasteiger partial charge in [-0.2, -0.15) is 19.2 Å². The van der Waals surface area contributed by atoms with Crippen LogP contribution in [0, 0.1) is 0 Å². The molecule has 0 aliphatic rings. The van der Waals surface area contributed by atoms with Gasteiger partial charge in [-0.3, -0.25) is 9.59 Å². The van der Waals surface area contributed by atoms with Crippen LogP contribution in [0.15, 0.2) is 219 Å². The van der Waals surface area contributed by atoms with Crippen molar-refractivity contribution in [3.05, 3.63) is 252 Å². The Labute approximate surface area is 429 Å². The van der Waals surface area contributed by atoms with E-state index < -0.39 is 0 Å². The lowest BCUT2D eigenvalue weighted by Gasteiger charge is -2.17. The Bertz CT molecular complexity index is 3430. The maximum Gasteiger partial charge on any atom is 0.373 e. The van der Waals surface area contributed by atoms with Gasteiger partial charge in [-0.15, -0.1) is 0 Å². The summed E-state index contributed by atoms with van der Waals surface area (Å²) in [5.74, 6) is -0.152. The Morgan fingerprint density at radius 1 is 0.432 bits per heavy atom. The average molecular weight is 979 g/mol. The van der Waals surface area contributed by atoms with E-state index in [1.54, 1.807) is 0 Å². The van der Waals surface area contributed by atoms with Crippen LogP contribution in [0.25, 0.3) is 44.3 Å². The number of carbonyl (C=O) groups excluding carboxylic acids is 6. The minimum Gasteiger partial charge on any atom is -0.345 e. The van der Waals surface area contributed by atoms with Crippen LogP contribution in [0.1, 0.15) is 81.7 Å². The molecule has 10 aromatic rings. The van der Waals surface area contributed by atoms with Crippen molar-refractivity contribution in [2.75, 3.05) is 0 Å². The fourth-order valence-corrected chi connectivity index (χ4v) is 8.61. The Kier molecular flexibility index (Phi) is 18.7. The Morgan fingerprint density at radius 2 is 0.797 bits per heavy atom. The number of nitrogens with zero attached hydrogens (tertiary/aromatic N) is 4. The molecule has 0 saturated carbocycles. The van der Waals surface area contributed by atoms with E-state index in [0.29, 0.717) is 17.7 Å². The lowest BCUT2D eigenvalue weighted by molar-refractivity contribution is -0.193. The van der Waals surface area contributed by atoms with E-state index in [1.165, 1.54) is 33.4 Å². The van der Waals surface area contributed by atoms with Gasteiger partial charge in [0.2, 0.25) is 0 Å². The van der Waals surface area contributed by atoms with Crippen LogP contribution in [-0.2, 0) is 32.3 Å². The van der Waals surface area contributed by atoms with E-state index in [1.807, 2.05) is 110 Å². The third-order valence-corrected chi connectivity index (χ3v) is 12.4. The van der Waals surface area contributed by atoms with Crippen LogP contribution in [0.4, 0.5) is 0 Å². The molecule has 368 valence electrons. The number of aromatic nitrogens is 4. The van der Waals surface area contributed by atoms with Crippen molar-refractivity contribution >= 4 is 46.2 Å². The van der Waals surface area contributed by atoms with Gasteiger partial charge in [-0.25, -0.2) is 9.97 Å². The molecule has 0 aliphatic heterocycles. The highest BCUT2D eigenvalue weighted by atomic mass is 16.2. The normalized spacial score (nSPS) is 11.2. The lowest BCUT2D eigenvalue weighted by Crippen LogP contribution is -2.28. The van der Waals surface area contributed by atoms with Gasteiger partial charge in [0, 0.05) is 24.2 Å². The Hall–Kier alpha value is -9.60. The van der Waals surface area contributed by atoms with E-state index in [4.69, 9.17) is 19.2 Å². The molecular formula is C62H54N6O6. The summed E-state index contributed by atoms with van der Waals surface area (Å²) in [6.07, 6.45) is 5.84. The predicted octanol–water partition coefficient (Wildman–Crippen LogP) is 12.1. The Morgan fingerprint density at radius 3 is 1.23 bits per heavy atom. The van der Waals surface area contributed by atoms with Crippen molar-refractivity contribution in [1.29, 1.82) is 0 Å². The number of nitrogens with one attached hydrogen (secondary N) is 2. The molecule has 0 spiro atoms. The van der Waals surface area contributed by atoms with E-state index >= 15 is 0 Å². The van der Waals surface area contributed by atoms with Crippen molar-refractivity contribution in [3.63, 3.8) is 0 Å². The van der Waals surface area contributed by atoms with Gasteiger partial charge in [-0.1, -0.05) is 184 Å². The quantitative estimate of drug-likeness (QED) is 0.109. The molecule has 2 unspecified atom stereocenters. The van der Waals surface area contributed by atoms with Crippen LogP contribution in [0.2, 0.25) is 0 Å². The van der Waals surface area contributed by atoms with Crippen LogP contribution in [0.3, 0.4) is 0 Å². The molecule has 0 radical (unpaired) electrons. The van der Waals surface area contributed by atoms with Crippen LogP contribution in [-0.4, -0.2) is 43.2 Å². The zero-order chi connectivity index (χ0) is 52.1. The molecule has 0 bridgehead atoms. The second-order valence-electron chi connectivity index (χ2n) is 17.1. The molecule has 2 N–H and O–H groups in total. The number of amides is 2. The Balaban J connectivity index is 0.000000196. The van der Waals surface area contributed by atoms with Gasteiger partial charge in [0.05, 0.1) is 46.8 Å². The standard InChI is InChI=1S/2C30H27N3O.2CO2/c1-2-27(25-11-7-4-8-12-25)32-30(34)26-17-18-29-28(19-26)31-21-33(29)20-22-13-15-24(16-14-22)23-9-5-3-6-10-23;1-2-27(25-11-7-4-8-12-25)32-30(34)26-17-18-28-29(19-26)33(21-31-28)20-22-13-15-24(16-14-22)23-9-5-3-6-10-23;2*2-1-3/h2*3-19,21,27H,2,20H2,1H3,(H,32,34);;. The summed E-state index contributed by atoms with van der Waals surface area (Å²) < 4.78 is 4.21. The third-order valence-electron chi connectivity index (χ3n) is 12.4. The number of fused-ring (bicyclic) bond motifs is 2. The number of carbonyl (C=O) groups is 2. The minimum absolute atomic E-state index is 0.0131. The van der Waals surface area contributed by atoms with Gasteiger partial charge in [0.15, 0.2) is 0 Å². The topological polar surface area (TPSA) is 162 Å². The summed E-state index contributed by atoms with van der Waals surface area (Å²) in [4.78, 5) is 67.6. The maximum absolute atomic E-state index is 13.1. The third kappa shape index (κ3) is 13.8. The molecule has 0 fully saturated rings. The highest BCUT2D eigenvalue weighted by molar-refractivity contribution is 5.98. The molecule has 2 aromatic heterocycles. The second kappa shape index (κ2) is 26.6. The van der Waals surface area contributed by atoms with Crippen molar-refractivity contribution in [2.45, 2.75) is 51.9 Å². The highest BCUT2D eigenvalue weighted by Crippen LogP contribution is 2.25. The second-order valence-corrected chi connectivity index (χ2v) is 17.1. The van der Waals surface area contributed by atoms with Crippen LogP contribution < -0.4 is 10.6 Å². The summed E-state index contributed by atoms with van der Waals surface area (Å²) in [7, 11) is 0. The predicted molar refractivity (Wildman–Crippen MR) is 285 cm³/mol. The van der Waals surface area contributed by atoms with E-state index in [0.717, 1.165) is 52.6 Å². The molecule has 2 amide bonds. The molecule has 0 aliphatic carbocycles. The molecular weight excluding hydrogens is 925 g/mol. The van der Waals surface area contributed by atoms with Gasteiger partial charge in [0.1, 0.15) is 0 Å². The molecule has 0 saturated heterocycles. The van der Waals surface area contributed by atoms with Crippen molar-refractivity contribution < 1.29 is 28.8 Å². The van der Waals surface area contributed by atoms with Crippen LogP contribution >= 0.6 is 0 Å². The fraction of sp³-hybridized carbons (Fsp3) is 0.129. The zero-order valence-corrected chi connectivity index (χ0v) is 41.0. The summed E-state index contributed by atoms with van der Waals surface area (Å²) in [6, 6.07) is 69.6. The van der Waals surface area contributed by atoms with E-state index in [9.17, 15) is 9.59 Å². The van der Waals surface area contributed by atoms with E-state index in [2.05, 4.69) is 153 Å². The number of rotatable bonds is 14. The number of benzene rings is 8. The fourth-order valence-electron chi connectivity index (χ4n) is 8.61. The molecule has 74 heavy (non-hydrogen) atoms. The highest BCUT2D eigenvalue weighted by Gasteiger charge is 2.17. The largest absolute Gasteiger partial charge is 0.373 e. The summed E-state index contributed by atoms with van der Waals surface area (Å²) in [6.45, 7) is 5.58. The molecule has 12 heteroatoms. The average Bonchev–Trinajstić information content (AvgIpc) is 4.06. The van der Waals surface area contributed by atoms with Gasteiger partial charge < -0.3 is 19.8 Å². The first-order valence-electron chi connectivity index (χ1n) is 24.1. The minimum atomic E-state index is -0.0800. The lowest BCUT2D eigenvalue weighted by atomic mass is 10.0. The maximum atomic E-state index is 13.1. The number of hydrogen-bond donors (Lipinski definition) is 2. The summed E-state index contributed by atoms with van der Waals surface area (Å²) in [5.41, 5.74) is 14.4. The van der Waals surface area contributed by atoms with Gasteiger partial charge in [0.25, 0.3) is 11.8 Å². The number of imidazole rings is 2. The molecule has 10 rings (SSSR count). The van der Waals surface area contributed by atoms with E-state index in [-0.39, 0.29) is 36.2 Å². The van der Waals surface area contributed by atoms with Crippen molar-refractivity contribution in [3.8, 4) is 22.3 Å². The summed E-state index contributed by atoms with van der Waals surface area (Å²) >= 11 is 0. The molecule has 12 nitrogen and oxygen atoms in total.